The molecule has 12 rings (SSSR count). The Bertz CT molecular complexity index is 2630. The van der Waals surface area contributed by atoms with Crippen molar-refractivity contribution in [3.05, 3.63) is 62.7 Å². The van der Waals surface area contributed by atoms with Crippen LogP contribution in [0.25, 0.3) is 0 Å². The number of benzene rings is 3. The van der Waals surface area contributed by atoms with Gasteiger partial charge in [-0.1, -0.05) is 12.5 Å². The van der Waals surface area contributed by atoms with Crippen LogP contribution in [0.2, 0.25) is 0 Å². The Morgan fingerprint density at radius 3 is 2.60 bits per heavy atom. The molecule has 17 nitrogen and oxygen atoms in total. The molecule has 0 radical (unpaired) electrons. The van der Waals surface area contributed by atoms with Crippen molar-refractivity contribution in [2.24, 2.45) is 0 Å². The summed E-state index contributed by atoms with van der Waals surface area (Å²) in [5, 5.41) is 45.1. The van der Waals surface area contributed by atoms with Gasteiger partial charge in [0.25, 0.3) is 0 Å². The molecule has 4 fully saturated rings. The number of piperazine rings is 1. The summed E-state index contributed by atoms with van der Waals surface area (Å²) in [6.07, 6.45) is 4.58. The SMILES string of the molecule is COc1cc2c(cc1OC(=O)CCCC[C@H]1CC3NC(=O)NC3S1)CCN[C@]21CS[C@@H]2c3c(O)c(C)c4c(c3[C@H](COC1=O)N1C2[C@@H]2c3c(cc(C)c(OC)c3O)C[C@@H]([C@@H]1C#N)N2C)OCO4. The Labute approximate surface area is 396 Å². The highest BCUT2D eigenvalue weighted by Gasteiger charge is 2.62. The zero-order valence-electron chi connectivity index (χ0n) is 37.9. The molecule has 354 valence electrons. The lowest BCUT2D eigenvalue weighted by molar-refractivity contribution is -0.157. The number of aromatic hydroxyl groups is 2. The van der Waals surface area contributed by atoms with Crippen molar-refractivity contribution in [1.29, 1.82) is 5.26 Å². The molecule has 2 amide bonds. The number of ether oxygens (including phenoxy) is 6. The molecule has 4 bridgehead atoms. The Morgan fingerprint density at radius 2 is 1.82 bits per heavy atom. The number of unbranched alkanes of at least 4 members (excludes halogenated alkanes) is 1. The second-order valence-corrected chi connectivity index (χ2v) is 21.4. The Morgan fingerprint density at radius 1 is 1.00 bits per heavy atom. The van der Waals surface area contributed by atoms with Gasteiger partial charge in [-0.25, -0.2) is 9.59 Å². The minimum atomic E-state index is -1.41. The molecule has 0 aliphatic carbocycles. The second kappa shape index (κ2) is 16.8. The summed E-state index contributed by atoms with van der Waals surface area (Å²) in [6.45, 7) is 3.87. The van der Waals surface area contributed by atoms with E-state index in [0.29, 0.717) is 81.9 Å². The summed E-state index contributed by atoms with van der Waals surface area (Å²) in [5.74, 6) is 1.14. The summed E-state index contributed by atoms with van der Waals surface area (Å²) in [4.78, 5) is 44.4. The number of nitrogens with one attached hydrogen (secondary N) is 3. The van der Waals surface area contributed by atoms with E-state index in [1.165, 1.54) is 18.9 Å². The van der Waals surface area contributed by atoms with Gasteiger partial charge in [0.1, 0.15) is 18.4 Å². The number of carbonyl (C=O) groups excluding carboxylic acids is 3. The summed E-state index contributed by atoms with van der Waals surface area (Å²) < 4.78 is 36.3. The molecule has 5 N–H and O–H groups in total. The monoisotopic (exact) mass is 954 g/mol. The van der Waals surface area contributed by atoms with Crippen LogP contribution in [-0.2, 0) is 32.7 Å². The summed E-state index contributed by atoms with van der Waals surface area (Å²) in [7, 11) is 5.03. The van der Waals surface area contributed by atoms with Crippen molar-refractivity contribution < 1.29 is 53.0 Å². The number of fused-ring (bicyclic) bond motifs is 10. The van der Waals surface area contributed by atoms with Crippen LogP contribution in [0.5, 0.6) is 40.2 Å². The predicted octanol–water partition coefficient (Wildman–Crippen LogP) is 5.04. The Hall–Kier alpha value is -5.26. The van der Waals surface area contributed by atoms with Crippen LogP contribution >= 0.6 is 23.5 Å². The van der Waals surface area contributed by atoms with Crippen molar-refractivity contribution in [3.63, 3.8) is 0 Å². The Kier molecular flexibility index (Phi) is 11.1. The van der Waals surface area contributed by atoms with E-state index in [4.69, 9.17) is 28.4 Å². The number of hydrogen-bond acceptors (Lipinski definition) is 17. The minimum absolute atomic E-state index is 0.0412. The highest BCUT2D eigenvalue weighted by Crippen LogP contribution is 2.64. The van der Waals surface area contributed by atoms with Crippen LogP contribution in [0, 0.1) is 25.2 Å². The summed E-state index contributed by atoms with van der Waals surface area (Å²) in [6, 6.07) is 5.53. The zero-order chi connectivity index (χ0) is 46.6. The molecule has 3 aromatic carbocycles. The van der Waals surface area contributed by atoms with E-state index in [1.54, 1.807) is 37.9 Å². The first-order valence-electron chi connectivity index (χ1n) is 23.0. The topological polar surface area (TPSA) is 213 Å². The first-order chi connectivity index (χ1) is 32.4. The van der Waals surface area contributed by atoms with Gasteiger partial charge in [0.15, 0.2) is 40.0 Å². The molecular formula is C48H54N6O11S2. The van der Waals surface area contributed by atoms with E-state index < -0.39 is 40.9 Å². The Balaban J connectivity index is 0.945. The van der Waals surface area contributed by atoms with Crippen LogP contribution in [0.4, 0.5) is 4.79 Å². The zero-order valence-corrected chi connectivity index (χ0v) is 39.6. The van der Waals surface area contributed by atoms with E-state index in [2.05, 4.69) is 31.8 Å². The highest BCUT2D eigenvalue weighted by molar-refractivity contribution is 8.00. The van der Waals surface area contributed by atoms with Gasteiger partial charge in [-0.3, -0.25) is 19.9 Å². The van der Waals surface area contributed by atoms with Gasteiger partial charge in [0.2, 0.25) is 6.79 Å². The van der Waals surface area contributed by atoms with Crippen molar-refractivity contribution in [2.45, 2.75) is 116 Å². The lowest BCUT2D eigenvalue weighted by atomic mass is 9.71. The second-order valence-electron chi connectivity index (χ2n) is 18.9. The number of likely N-dealkylation sites (N-methyl/N-ethyl adjacent to an activating group) is 1. The molecule has 10 atom stereocenters. The molecule has 67 heavy (non-hydrogen) atoms. The maximum Gasteiger partial charge on any atom is 0.331 e. The average Bonchev–Trinajstić information content (AvgIpc) is 4.04. The number of urea groups is 1. The largest absolute Gasteiger partial charge is 0.507 e. The number of methoxy groups -OCH3 is 2. The van der Waals surface area contributed by atoms with Gasteiger partial charge in [0, 0.05) is 58.3 Å². The van der Waals surface area contributed by atoms with Crippen LogP contribution in [0.1, 0.15) is 93.9 Å². The number of thioether (sulfide) groups is 2. The maximum absolute atomic E-state index is 15.1. The van der Waals surface area contributed by atoms with Gasteiger partial charge in [0.05, 0.1) is 49.0 Å². The van der Waals surface area contributed by atoms with Crippen molar-refractivity contribution in [3.8, 4) is 46.3 Å². The molecule has 19 heteroatoms. The van der Waals surface area contributed by atoms with Crippen LogP contribution in [-0.4, -0.2) is 120 Å². The lowest BCUT2D eigenvalue weighted by Crippen LogP contribution is -2.69. The van der Waals surface area contributed by atoms with Crippen molar-refractivity contribution in [1.82, 2.24) is 25.8 Å². The third kappa shape index (κ3) is 6.79. The van der Waals surface area contributed by atoms with Gasteiger partial charge >= 0.3 is 18.0 Å². The molecule has 3 unspecified atom stereocenters. The molecule has 4 saturated heterocycles. The van der Waals surface area contributed by atoms with E-state index in [1.807, 2.05) is 20.0 Å². The van der Waals surface area contributed by atoms with E-state index in [0.717, 1.165) is 36.0 Å². The predicted molar refractivity (Wildman–Crippen MR) is 246 cm³/mol. The standard InChI is InChI=1S/C48H54N6O11S2/c1-21-12-24-13-28-29(17-49)54-30-18-62-46(58)48(19-66-44(36-35(30)43-42(63-20-64-43)22(2)39(36)56)38(54)37(53(28)3)34(24)40(57)41(21)61-5)26-16-31(60-4)32(14-23(26)10-11-50-48)65-33(55)9-7-6-8-25-15-27-45(67-25)52-47(59)51-27/h12,14,16,25,27-30,37-38,44-45,50,56-57H,6-11,13,15,18-20H2,1-5H3,(H2,51,52,59)/t25-,27?,28-,29-,30-,37-,38?,44+,45?,48+/m0/s1. The van der Waals surface area contributed by atoms with Crippen LogP contribution < -0.4 is 39.6 Å². The fraction of sp³-hybridized carbons (Fsp3) is 0.542. The first kappa shape index (κ1) is 44.3. The number of phenols is 2. The summed E-state index contributed by atoms with van der Waals surface area (Å²) >= 11 is 3.25. The molecule has 3 aromatic rings. The molecule has 9 aliphatic heterocycles. The molecule has 9 heterocycles. The number of esters is 2. The lowest BCUT2D eigenvalue weighted by Gasteiger charge is -2.62. The highest BCUT2D eigenvalue weighted by atomic mass is 32.2. The van der Waals surface area contributed by atoms with Crippen LogP contribution in [0.15, 0.2) is 18.2 Å². The minimum Gasteiger partial charge on any atom is -0.507 e. The van der Waals surface area contributed by atoms with Gasteiger partial charge in [-0.15, -0.1) is 23.5 Å². The molecule has 1 spiro atoms. The van der Waals surface area contributed by atoms with E-state index in [9.17, 15) is 25.1 Å². The van der Waals surface area contributed by atoms with Crippen LogP contribution in [0.3, 0.4) is 0 Å². The number of nitriles is 1. The number of rotatable bonds is 8. The smallest absolute Gasteiger partial charge is 0.331 e. The number of aryl methyl sites for hydroxylation is 1. The number of amides is 2. The quantitative estimate of drug-likeness (QED) is 0.114. The average molecular weight is 955 g/mol. The fourth-order valence-electron chi connectivity index (χ4n) is 12.4. The number of hydrogen-bond donors (Lipinski definition) is 5. The number of carbonyl (C=O) groups is 3. The third-order valence-electron chi connectivity index (χ3n) is 15.4. The molecule has 0 aromatic heterocycles. The van der Waals surface area contributed by atoms with Gasteiger partial charge < -0.3 is 49.3 Å². The van der Waals surface area contributed by atoms with Crippen molar-refractivity contribution in [2.75, 3.05) is 47.0 Å². The number of nitrogens with zero attached hydrogens (tertiary/aromatic N) is 3. The summed E-state index contributed by atoms with van der Waals surface area (Å²) in [5.41, 5.74) is 4.22. The molecular weight excluding hydrogens is 901 g/mol. The first-order valence-corrected chi connectivity index (χ1v) is 25.0. The molecule has 0 saturated carbocycles. The van der Waals surface area contributed by atoms with Crippen molar-refractivity contribution >= 4 is 41.5 Å². The number of phenolic OH excluding ortho intramolecular Hbond substituents is 2. The fourth-order valence-corrected chi connectivity index (χ4v) is 15.6. The van der Waals surface area contributed by atoms with Gasteiger partial charge in [-0.05, 0) is 87.4 Å². The normalized spacial score (nSPS) is 31.0. The van der Waals surface area contributed by atoms with E-state index >= 15 is 4.79 Å². The van der Waals surface area contributed by atoms with E-state index in [-0.39, 0.29) is 72.3 Å². The molecule has 9 aliphatic rings. The third-order valence-corrected chi connectivity index (χ3v) is 18.4. The van der Waals surface area contributed by atoms with Gasteiger partial charge in [-0.2, -0.15) is 5.26 Å². The maximum atomic E-state index is 15.1.